The number of fused-ring (bicyclic) bond motifs is 1. The van der Waals surface area contributed by atoms with Crippen LogP contribution < -0.4 is 4.90 Å². The van der Waals surface area contributed by atoms with Gasteiger partial charge in [-0.2, -0.15) is 0 Å². The smallest absolute Gasteiger partial charge is 0.352 e. The molecule has 3 aromatic rings. The van der Waals surface area contributed by atoms with Gasteiger partial charge in [-0.3, -0.25) is 4.79 Å². The number of aromatic carboxylic acids is 1. The third kappa shape index (κ3) is 4.44. The molecule has 2 aromatic heterocycles. The maximum atomic E-state index is 13.2. The molecular weight excluding hydrogens is 372 g/mol. The van der Waals surface area contributed by atoms with E-state index in [1.165, 1.54) is 11.3 Å². The number of aryl methyl sites for hydroxylation is 1. The zero-order valence-corrected chi connectivity index (χ0v) is 17.2. The molecule has 0 unspecified atom stereocenters. The van der Waals surface area contributed by atoms with Crippen molar-refractivity contribution in [2.24, 2.45) is 0 Å². The van der Waals surface area contributed by atoms with E-state index < -0.39 is 5.97 Å². The Morgan fingerprint density at radius 2 is 1.96 bits per heavy atom. The van der Waals surface area contributed by atoms with E-state index in [0.717, 1.165) is 47.2 Å². The number of hydrogen-bond donors (Lipinski definition) is 1. The number of amides is 1. The van der Waals surface area contributed by atoms with Crippen molar-refractivity contribution in [1.29, 1.82) is 0 Å². The Morgan fingerprint density at radius 3 is 2.68 bits per heavy atom. The number of nitrogens with zero attached hydrogens (tertiary/aromatic N) is 2. The Morgan fingerprint density at radius 1 is 1.14 bits per heavy atom. The lowest BCUT2D eigenvalue weighted by Crippen LogP contribution is -2.35. The van der Waals surface area contributed by atoms with Crippen molar-refractivity contribution in [3.63, 3.8) is 0 Å². The van der Waals surface area contributed by atoms with Gasteiger partial charge in [0.15, 0.2) is 0 Å². The van der Waals surface area contributed by atoms with Gasteiger partial charge >= 0.3 is 5.97 Å². The third-order valence-corrected chi connectivity index (χ3v) is 5.74. The van der Waals surface area contributed by atoms with E-state index in [-0.39, 0.29) is 18.1 Å². The maximum Gasteiger partial charge on any atom is 0.352 e. The van der Waals surface area contributed by atoms with Gasteiger partial charge in [-0.05, 0) is 48.6 Å². The van der Waals surface area contributed by atoms with E-state index in [9.17, 15) is 14.7 Å². The lowest BCUT2D eigenvalue weighted by atomic mass is 10.1. The van der Waals surface area contributed by atoms with Crippen LogP contribution in [-0.4, -0.2) is 28.1 Å². The molecular formula is C22H26N2O3S. The molecule has 1 aromatic carbocycles. The first-order valence-corrected chi connectivity index (χ1v) is 10.6. The van der Waals surface area contributed by atoms with E-state index in [2.05, 4.69) is 6.92 Å². The fourth-order valence-corrected chi connectivity index (χ4v) is 4.26. The fourth-order valence-electron chi connectivity index (χ4n) is 3.44. The molecule has 0 spiro atoms. The number of unbranched alkanes of at least 4 members (excludes halogenated alkanes) is 3. The van der Waals surface area contributed by atoms with Crippen molar-refractivity contribution in [1.82, 2.24) is 4.57 Å². The second kappa shape index (κ2) is 9.06. The van der Waals surface area contributed by atoms with Gasteiger partial charge in [-0.25, -0.2) is 4.79 Å². The Labute approximate surface area is 169 Å². The summed E-state index contributed by atoms with van der Waals surface area (Å²) < 4.78 is 2.50. The summed E-state index contributed by atoms with van der Waals surface area (Å²) in [5.74, 6) is -1.10. The minimum Gasteiger partial charge on any atom is -0.477 e. The Hall–Kier alpha value is -2.60. The molecule has 1 N–H and O–H groups in total. The highest BCUT2D eigenvalue weighted by Crippen LogP contribution is 2.26. The van der Waals surface area contributed by atoms with Gasteiger partial charge in [-0.15, -0.1) is 11.3 Å². The summed E-state index contributed by atoms with van der Waals surface area (Å²) in [5, 5.41) is 11.5. The number of rotatable bonds is 9. The van der Waals surface area contributed by atoms with Gasteiger partial charge in [0.1, 0.15) is 12.2 Å². The first-order chi connectivity index (χ1) is 13.5. The normalized spacial score (nSPS) is 11.1. The van der Waals surface area contributed by atoms with Crippen LogP contribution in [0.3, 0.4) is 0 Å². The number of thiophene rings is 1. The summed E-state index contributed by atoms with van der Waals surface area (Å²) in [6, 6.07) is 11.4. The average molecular weight is 399 g/mol. The fraction of sp³-hybridized carbons (Fsp3) is 0.364. The Balaban J connectivity index is 1.88. The maximum absolute atomic E-state index is 13.2. The quantitative estimate of drug-likeness (QED) is 0.496. The SMILES string of the molecule is CCCCCCN(C(=O)Cn1c(C(=O)O)cc2sccc21)c1cccc(C)c1. The van der Waals surface area contributed by atoms with Crippen LogP contribution in [0.25, 0.3) is 10.2 Å². The second-order valence-corrected chi connectivity index (χ2v) is 7.98. The number of carbonyl (C=O) groups excluding carboxylic acids is 1. The summed E-state index contributed by atoms with van der Waals surface area (Å²) in [6.45, 7) is 4.82. The molecule has 0 saturated heterocycles. The van der Waals surface area contributed by atoms with Gasteiger partial charge in [0.05, 0.1) is 10.2 Å². The zero-order valence-electron chi connectivity index (χ0n) is 16.4. The number of benzene rings is 1. The minimum absolute atomic E-state index is 0.0174. The molecule has 0 fully saturated rings. The van der Waals surface area contributed by atoms with Crippen LogP contribution in [-0.2, 0) is 11.3 Å². The first-order valence-electron chi connectivity index (χ1n) is 9.68. The molecule has 5 nitrogen and oxygen atoms in total. The predicted molar refractivity (Wildman–Crippen MR) is 114 cm³/mol. The van der Waals surface area contributed by atoms with Gasteiger partial charge in [0.25, 0.3) is 0 Å². The number of aromatic nitrogens is 1. The molecule has 0 aliphatic rings. The van der Waals surface area contributed by atoms with Crippen LogP contribution in [0, 0.1) is 6.92 Å². The van der Waals surface area contributed by atoms with Crippen molar-refractivity contribution in [3.05, 3.63) is 53.0 Å². The number of carboxylic acid groups (broad SMARTS) is 1. The van der Waals surface area contributed by atoms with Gasteiger partial charge in [0, 0.05) is 12.2 Å². The van der Waals surface area contributed by atoms with Crippen molar-refractivity contribution in [2.75, 3.05) is 11.4 Å². The highest BCUT2D eigenvalue weighted by molar-refractivity contribution is 7.17. The van der Waals surface area contributed by atoms with Crippen LogP contribution in [0.2, 0.25) is 0 Å². The molecule has 0 atom stereocenters. The molecule has 148 valence electrons. The molecule has 0 bridgehead atoms. The van der Waals surface area contributed by atoms with Crippen molar-refractivity contribution in [2.45, 2.75) is 46.1 Å². The molecule has 3 rings (SSSR count). The highest BCUT2D eigenvalue weighted by Gasteiger charge is 2.21. The predicted octanol–water partition coefficient (Wildman–Crippen LogP) is 5.32. The average Bonchev–Trinajstić information content (AvgIpc) is 3.24. The van der Waals surface area contributed by atoms with Crippen LogP contribution in [0.4, 0.5) is 5.69 Å². The number of anilines is 1. The van der Waals surface area contributed by atoms with Crippen molar-refractivity contribution < 1.29 is 14.7 Å². The van der Waals surface area contributed by atoms with E-state index in [4.69, 9.17) is 0 Å². The summed E-state index contributed by atoms with van der Waals surface area (Å²) in [6.07, 6.45) is 4.29. The topological polar surface area (TPSA) is 62.5 Å². The van der Waals surface area contributed by atoms with Crippen LogP contribution in [0.15, 0.2) is 41.8 Å². The molecule has 0 saturated carbocycles. The van der Waals surface area contributed by atoms with Gasteiger partial charge in [-0.1, -0.05) is 38.3 Å². The third-order valence-electron chi connectivity index (χ3n) is 4.88. The van der Waals surface area contributed by atoms with Gasteiger partial charge in [0.2, 0.25) is 5.91 Å². The summed E-state index contributed by atoms with van der Waals surface area (Å²) >= 11 is 1.48. The lowest BCUT2D eigenvalue weighted by molar-refractivity contribution is -0.119. The molecule has 0 aliphatic carbocycles. The lowest BCUT2D eigenvalue weighted by Gasteiger charge is -2.24. The Kier molecular flexibility index (Phi) is 6.52. The van der Waals surface area contributed by atoms with Crippen LogP contribution >= 0.6 is 11.3 Å². The molecule has 6 heteroatoms. The molecule has 0 aliphatic heterocycles. The van der Waals surface area contributed by atoms with Crippen LogP contribution in [0.5, 0.6) is 0 Å². The standard InChI is InChI=1S/C22H26N2O3S/c1-3-4-5-6-11-23(17-9-7-8-16(2)13-17)21(25)15-24-18-10-12-28-20(18)14-19(24)22(26)27/h7-10,12-14H,3-6,11,15H2,1-2H3,(H,26,27). The molecule has 2 heterocycles. The number of carboxylic acids is 1. The summed E-state index contributed by atoms with van der Waals surface area (Å²) in [7, 11) is 0. The van der Waals surface area contributed by atoms with E-state index in [1.807, 2.05) is 42.6 Å². The number of carbonyl (C=O) groups is 2. The molecule has 1 amide bonds. The minimum atomic E-state index is -1.01. The second-order valence-electron chi connectivity index (χ2n) is 7.04. The zero-order chi connectivity index (χ0) is 20.1. The first kappa shape index (κ1) is 20.1. The highest BCUT2D eigenvalue weighted by atomic mass is 32.1. The van der Waals surface area contributed by atoms with Crippen molar-refractivity contribution in [3.8, 4) is 0 Å². The van der Waals surface area contributed by atoms with E-state index >= 15 is 0 Å². The monoisotopic (exact) mass is 398 g/mol. The largest absolute Gasteiger partial charge is 0.477 e. The summed E-state index contributed by atoms with van der Waals surface area (Å²) in [5.41, 5.74) is 2.92. The molecule has 28 heavy (non-hydrogen) atoms. The van der Waals surface area contributed by atoms with Crippen molar-refractivity contribution >= 4 is 39.1 Å². The molecule has 0 radical (unpaired) electrons. The van der Waals surface area contributed by atoms with Crippen LogP contribution in [0.1, 0.15) is 48.7 Å². The van der Waals surface area contributed by atoms with Gasteiger partial charge < -0.3 is 14.6 Å². The van der Waals surface area contributed by atoms with E-state index in [1.54, 1.807) is 15.5 Å². The number of hydrogen-bond acceptors (Lipinski definition) is 3. The Bertz CT molecular complexity index is 973. The van der Waals surface area contributed by atoms with E-state index in [0.29, 0.717) is 6.54 Å². The summed E-state index contributed by atoms with van der Waals surface area (Å²) in [4.78, 5) is 26.7.